The van der Waals surface area contributed by atoms with E-state index >= 15 is 0 Å². The van der Waals surface area contributed by atoms with E-state index in [1.54, 1.807) is 30.5 Å². The van der Waals surface area contributed by atoms with Gasteiger partial charge in [0.05, 0.1) is 75.3 Å². The number of carbonyl (C=O) groups is 1. The average molecular weight is 528 g/mol. The SMILES string of the molecule is COCC1COCCN1.O=C(Nc1cccnc1)N1c2nc(N3CCOCC3CO)ccc2N2CCC1C2. The quantitative estimate of drug-likeness (QED) is 0.517. The maximum Gasteiger partial charge on any atom is 0.327 e. The van der Waals surface area contributed by atoms with Gasteiger partial charge in [-0.1, -0.05) is 0 Å². The standard InChI is InChI=1S/C20H24N6O3.C6H13NO2/c27-12-16-13-29-9-8-25(16)18-4-3-17-19(23-18)26(15-5-7-24(17)11-15)20(28)22-14-2-1-6-21-10-14;1-8-4-6-5-9-3-2-7-6/h1-4,6,10,15-16,27H,5,7-9,11-13H2,(H,22,28);6-7H,2-5H2,1H3. The molecular weight excluding hydrogens is 490 g/mol. The highest BCUT2D eigenvalue weighted by Crippen LogP contribution is 2.40. The molecule has 3 unspecified atom stereocenters. The molecule has 38 heavy (non-hydrogen) atoms. The van der Waals surface area contributed by atoms with E-state index in [9.17, 15) is 9.90 Å². The van der Waals surface area contributed by atoms with Crippen LogP contribution in [0.3, 0.4) is 0 Å². The maximum absolute atomic E-state index is 13.2. The number of nitrogens with zero attached hydrogens (tertiary/aromatic N) is 5. The van der Waals surface area contributed by atoms with Gasteiger partial charge in [-0.3, -0.25) is 9.88 Å². The van der Waals surface area contributed by atoms with E-state index in [1.165, 1.54) is 0 Å². The number of methoxy groups -OCH3 is 1. The topological polar surface area (TPSA) is 125 Å². The van der Waals surface area contributed by atoms with Crippen molar-refractivity contribution in [2.45, 2.75) is 24.5 Å². The molecule has 4 aliphatic rings. The van der Waals surface area contributed by atoms with E-state index < -0.39 is 0 Å². The second-order valence-electron chi connectivity index (χ2n) is 9.73. The van der Waals surface area contributed by atoms with Crippen molar-refractivity contribution in [3.8, 4) is 0 Å². The van der Waals surface area contributed by atoms with Crippen LogP contribution in [0, 0.1) is 0 Å². The van der Waals surface area contributed by atoms with Crippen molar-refractivity contribution < 1.29 is 24.1 Å². The first-order valence-corrected chi connectivity index (χ1v) is 13.2. The molecule has 206 valence electrons. The van der Waals surface area contributed by atoms with E-state index in [4.69, 9.17) is 19.2 Å². The van der Waals surface area contributed by atoms with Crippen molar-refractivity contribution >= 4 is 29.0 Å². The predicted octanol–water partition coefficient (Wildman–Crippen LogP) is 0.926. The number of carbonyl (C=O) groups excluding carboxylic acids is 1. The lowest BCUT2D eigenvalue weighted by Crippen LogP contribution is -2.50. The Morgan fingerprint density at radius 2 is 2.13 bits per heavy atom. The molecule has 12 heteroatoms. The molecule has 4 aliphatic heterocycles. The number of morpholine rings is 2. The third-order valence-corrected chi connectivity index (χ3v) is 7.17. The number of urea groups is 1. The Kier molecular flexibility index (Phi) is 8.86. The van der Waals surface area contributed by atoms with Crippen molar-refractivity contribution in [1.29, 1.82) is 0 Å². The van der Waals surface area contributed by atoms with Crippen molar-refractivity contribution in [2.24, 2.45) is 0 Å². The van der Waals surface area contributed by atoms with E-state index in [-0.39, 0.29) is 24.7 Å². The van der Waals surface area contributed by atoms with E-state index in [1.807, 2.05) is 18.2 Å². The van der Waals surface area contributed by atoms with Crippen LogP contribution in [0.1, 0.15) is 6.42 Å². The maximum atomic E-state index is 13.2. The molecule has 2 amide bonds. The number of fused-ring (bicyclic) bond motifs is 4. The molecule has 3 fully saturated rings. The predicted molar refractivity (Wildman–Crippen MR) is 144 cm³/mol. The number of aliphatic hydroxyl groups excluding tert-OH is 1. The van der Waals surface area contributed by atoms with Crippen LogP contribution in [-0.2, 0) is 14.2 Å². The van der Waals surface area contributed by atoms with Crippen molar-refractivity contribution in [3.05, 3.63) is 36.7 Å². The zero-order valence-corrected chi connectivity index (χ0v) is 21.8. The fraction of sp³-hybridized carbons (Fsp3) is 0.577. The Bertz CT molecular complexity index is 1050. The van der Waals surface area contributed by atoms with Crippen LogP contribution in [0.25, 0.3) is 0 Å². The molecule has 3 saturated heterocycles. The lowest BCUT2D eigenvalue weighted by atomic mass is 10.1. The van der Waals surface area contributed by atoms with Gasteiger partial charge in [0, 0.05) is 39.5 Å². The number of hydrogen-bond donors (Lipinski definition) is 3. The Morgan fingerprint density at radius 3 is 2.89 bits per heavy atom. The van der Waals surface area contributed by atoms with Gasteiger partial charge in [-0.15, -0.1) is 0 Å². The Balaban J connectivity index is 0.000000278. The zero-order chi connectivity index (χ0) is 26.3. The highest BCUT2D eigenvalue weighted by Gasteiger charge is 2.41. The highest BCUT2D eigenvalue weighted by molar-refractivity contribution is 6.04. The van der Waals surface area contributed by atoms with E-state index in [0.717, 1.165) is 57.4 Å². The normalized spacial score (nSPS) is 24.4. The minimum atomic E-state index is -0.198. The molecule has 0 aromatic carbocycles. The molecule has 2 aromatic heterocycles. The van der Waals surface area contributed by atoms with Gasteiger partial charge in [0.15, 0.2) is 5.82 Å². The lowest BCUT2D eigenvalue weighted by Gasteiger charge is -2.39. The molecule has 0 radical (unpaired) electrons. The second-order valence-corrected chi connectivity index (χ2v) is 9.73. The summed E-state index contributed by atoms with van der Waals surface area (Å²) < 4.78 is 15.6. The van der Waals surface area contributed by atoms with Gasteiger partial charge >= 0.3 is 6.03 Å². The van der Waals surface area contributed by atoms with E-state index in [0.29, 0.717) is 37.3 Å². The Hall–Kier alpha value is -3.03. The third-order valence-electron chi connectivity index (χ3n) is 7.17. The minimum Gasteiger partial charge on any atom is -0.394 e. The second kappa shape index (κ2) is 12.7. The molecule has 6 heterocycles. The van der Waals surface area contributed by atoms with Gasteiger partial charge in [-0.25, -0.2) is 9.78 Å². The molecule has 2 bridgehead atoms. The molecular formula is C26H37N7O5. The number of hydrogen-bond acceptors (Lipinski definition) is 10. The van der Waals surface area contributed by atoms with Gasteiger partial charge in [-0.05, 0) is 30.7 Å². The van der Waals surface area contributed by atoms with Gasteiger partial charge in [0.25, 0.3) is 0 Å². The number of aliphatic hydroxyl groups is 1. The molecule has 0 saturated carbocycles. The largest absolute Gasteiger partial charge is 0.394 e. The fourth-order valence-electron chi connectivity index (χ4n) is 5.28. The summed E-state index contributed by atoms with van der Waals surface area (Å²) in [6, 6.07) is 7.78. The number of rotatable bonds is 5. The van der Waals surface area contributed by atoms with Crippen LogP contribution in [0.5, 0.6) is 0 Å². The fourth-order valence-corrected chi connectivity index (χ4v) is 5.28. The summed E-state index contributed by atoms with van der Waals surface area (Å²) in [5.74, 6) is 1.42. The zero-order valence-electron chi connectivity index (χ0n) is 21.8. The van der Waals surface area contributed by atoms with Crippen LogP contribution in [0.4, 0.5) is 27.8 Å². The summed E-state index contributed by atoms with van der Waals surface area (Å²) in [6.07, 6.45) is 4.21. The van der Waals surface area contributed by atoms with Crippen molar-refractivity contribution in [1.82, 2.24) is 15.3 Å². The number of amides is 2. The van der Waals surface area contributed by atoms with Crippen LogP contribution in [0.2, 0.25) is 0 Å². The summed E-state index contributed by atoms with van der Waals surface area (Å²) >= 11 is 0. The number of nitrogens with one attached hydrogen (secondary N) is 2. The Labute approximate surface area is 222 Å². The smallest absolute Gasteiger partial charge is 0.327 e. The summed E-state index contributed by atoms with van der Waals surface area (Å²) in [7, 11) is 1.70. The van der Waals surface area contributed by atoms with E-state index in [2.05, 4.69) is 25.4 Å². The van der Waals surface area contributed by atoms with Gasteiger partial charge in [-0.2, -0.15) is 0 Å². The number of aromatic nitrogens is 2. The molecule has 12 nitrogen and oxygen atoms in total. The molecule has 3 atom stereocenters. The van der Waals surface area contributed by atoms with Crippen LogP contribution in [0.15, 0.2) is 36.7 Å². The first-order valence-electron chi connectivity index (χ1n) is 13.2. The summed E-state index contributed by atoms with van der Waals surface area (Å²) in [5, 5.41) is 15.9. The third kappa shape index (κ3) is 6.00. The molecule has 3 N–H and O–H groups in total. The molecule has 0 spiro atoms. The summed E-state index contributed by atoms with van der Waals surface area (Å²) in [6.45, 7) is 6.76. The van der Waals surface area contributed by atoms with Gasteiger partial charge in [0.1, 0.15) is 5.82 Å². The van der Waals surface area contributed by atoms with Crippen molar-refractivity contribution in [3.63, 3.8) is 0 Å². The Morgan fingerprint density at radius 1 is 1.24 bits per heavy atom. The van der Waals surface area contributed by atoms with Crippen molar-refractivity contribution in [2.75, 3.05) is 92.9 Å². The molecule has 6 rings (SSSR count). The monoisotopic (exact) mass is 527 g/mol. The first kappa shape index (κ1) is 26.6. The highest BCUT2D eigenvalue weighted by atomic mass is 16.5. The number of anilines is 4. The first-order chi connectivity index (χ1) is 18.7. The van der Waals surface area contributed by atoms with Crippen LogP contribution < -0.4 is 25.3 Å². The number of pyridine rings is 2. The molecule has 2 aromatic rings. The minimum absolute atomic E-state index is 0.00127. The lowest BCUT2D eigenvalue weighted by molar-refractivity contribution is 0.0432. The summed E-state index contributed by atoms with van der Waals surface area (Å²) in [4.78, 5) is 28.3. The van der Waals surface area contributed by atoms with Crippen LogP contribution in [-0.4, -0.2) is 112 Å². The molecule has 0 aliphatic carbocycles. The van der Waals surface area contributed by atoms with Gasteiger partial charge in [0.2, 0.25) is 0 Å². The average Bonchev–Trinajstić information content (AvgIpc) is 3.38. The van der Waals surface area contributed by atoms with Gasteiger partial charge < -0.3 is 39.8 Å². The van der Waals surface area contributed by atoms with Crippen LogP contribution >= 0.6 is 0 Å². The number of ether oxygens (including phenoxy) is 3. The summed E-state index contributed by atoms with van der Waals surface area (Å²) in [5.41, 5.74) is 1.63.